The number of aliphatic hydroxyl groups is 1. The molecule has 6 nitrogen and oxygen atoms in total. The highest BCUT2D eigenvalue weighted by Gasteiger charge is 2.30. The van der Waals surface area contributed by atoms with Gasteiger partial charge in [-0.25, -0.2) is 4.39 Å². The normalized spacial score (nSPS) is 17.8. The Morgan fingerprint density at radius 3 is 2.68 bits per heavy atom. The molecule has 4 rings (SSSR count). The second-order valence-electron chi connectivity index (χ2n) is 11.5. The van der Waals surface area contributed by atoms with Crippen LogP contribution in [-0.2, 0) is 25.7 Å². The number of fused-ring (bicyclic) bond motifs is 4. The van der Waals surface area contributed by atoms with Crippen molar-refractivity contribution in [3.05, 3.63) is 99.9 Å². The van der Waals surface area contributed by atoms with Crippen LogP contribution in [0.5, 0.6) is 5.75 Å². The van der Waals surface area contributed by atoms with E-state index in [0.29, 0.717) is 35.6 Å². The van der Waals surface area contributed by atoms with Gasteiger partial charge in [-0.2, -0.15) is 13.2 Å². The Labute approximate surface area is 256 Å². The van der Waals surface area contributed by atoms with Crippen LogP contribution in [0.25, 0.3) is 0 Å². The van der Waals surface area contributed by atoms with E-state index in [-0.39, 0.29) is 25.4 Å². The first-order valence-corrected chi connectivity index (χ1v) is 15.1. The third-order valence-electron chi connectivity index (χ3n) is 7.59. The van der Waals surface area contributed by atoms with Gasteiger partial charge in [0.2, 0.25) is 0 Å². The molecule has 2 atom stereocenters. The number of carbonyl (C=O) groups is 1. The van der Waals surface area contributed by atoms with Crippen molar-refractivity contribution in [2.75, 3.05) is 26.2 Å². The van der Waals surface area contributed by atoms with Gasteiger partial charge >= 0.3 is 6.18 Å². The molecule has 10 heteroatoms. The number of nitrogens with one attached hydrogen (secondary N) is 2. The number of hydrogen-bond donors (Lipinski definition) is 3. The van der Waals surface area contributed by atoms with Crippen LogP contribution in [0.1, 0.15) is 64.4 Å². The summed E-state index contributed by atoms with van der Waals surface area (Å²) in [4.78, 5) is 15.9. The first-order chi connectivity index (χ1) is 21.0. The van der Waals surface area contributed by atoms with E-state index in [4.69, 9.17) is 4.74 Å². The summed E-state index contributed by atoms with van der Waals surface area (Å²) in [6.07, 6.45) is -2.80. The van der Waals surface area contributed by atoms with Crippen molar-refractivity contribution in [1.29, 1.82) is 0 Å². The standard InChI is InChI=1S/C34H41F4N3O3/c1-3-9-41-10-4-5-11-44-30-17-25(16-29(35)19-30)18-31(40-33(43)27-13-23(2)12-26(14-27)22-41)32(42)21-39-20-24-7-6-8-28(15-24)34(36,37)38/h6-8,12-17,19,31-32,39,42H,3-5,9-11,18,20-22H2,1-2H3,(H,40,43)/t31-,32+/m0/s1. The van der Waals surface area contributed by atoms with Crippen molar-refractivity contribution < 1.29 is 32.2 Å². The fraction of sp³-hybridized carbons (Fsp3) is 0.441. The van der Waals surface area contributed by atoms with Crippen LogP contribution >= 0.6 is 0 Å². The number of ether oxygens (including phenoxy) is 1. The lowest BCUT2D eigenvalue weighted by molar-refractivity contribution is -0.137. The molecule has 0 fully saturated rings. The summed E-state index contributed by atoms with van der Waals surface area (Å²) in [6.45, 7) is 7.01. The van der Waals surface area contributed by atoms with E-state index in [1.54, 1.807) is 18.2 Å². The quantitative estimate of drug-likeness (QED) is 0.283. The molecule has 0 aliphatic carbocycles. The molecule has 4 bridgehead atoms. The van der Waals surface area contributed by atoms with E-state index in [1.165, 1.54) is 18.2 Å². The number of alkyl halides is 3. The number of benzene rings is 3. The minimum absolute atomic E-state index is 0.0229. The summed E-state index contributed by atoms with van der Waals surface area (Å²) >= 11 is 0. The molecular weight excluding hydrogens is 574 g/mol. The van der Waals surface area contributed by atoms with Gasteiger partial charge in [0.25, 0.3) is 5.91 Å². The molecule has 0 saturated carbocycles. The summed E-state index contributed by atoms with van der Waals surface area (Å²) in [7, 11) is 0. The Bertz CT molecular complexity index is 1400. The van der Waals surface area contributed by atoms with Crippen molar-refractivity contribution in [2.24, 2.45) is 0 Å². The molecule has 0 spiro atoms. The van der Waals surface area contributed by atoms with Crippen LogP contribution in [0.2, 0.25) is 0 Å². The molecule has 1 amide bonds. The van der Waals surface area contributed by atoms with E-state index in [9.17, 15) is 27.5 Å². The van der Waals surface area contributed by atoms with Crippen molar-refractivity contribution >= 4 is 5.91 Å². The van der Waals surface area contributed by atoms with Crippen LogP contribution in [0.3, 0.4) is 0 Å². The van der Waals surface area contributed by atoms with Crippen LogP contribution in [0.15, 0.2) is 60.7 Å². The number of halogens is 4. The summed E-state index contributed by atoms with van der Waals surface area (Å²) in [6, 6.07) is 14.2. The van der Waals surface area contributed by atoms with Gasteiger partial charge in [0.05, 0.1) is 24.3 Å². The minimum atomic E-state index is -4.46. The Balaban J connectivity index is 1.57. The maximum atomic E-state index is 14.6. The molecule has 1 aliphatic rings. The van der Waals surface area contributed by atoms with Gasteiger partial charge in [-0.05, 0) is 92.7 Å². The van der Waals surface area contributed by atoms with Gasteiger partial charge in [0, 0.05) is 31.3 Å². The number of aliphatic hydroxyl groups excluding tert-OH is 1. The van der Waals surface area contributed by atoms with Gasteiger partial charge < -0.3 is 20.5 Å². The molecule has 0 radical (unpaired) electrons. The Morgan fingerprint density at radius 2 is 1.91 bits per heavy atom. The predicted octanol–water partition coefficient (Wildman–Crippen LogP) is 6.03. The third-order valence-corrected chi connectivity index (χ3v) is 7.59. The number of nitrogens with zero attached hydrogens (tertiary/aromatic N) is 1. The van der Waals surface area contributed by atoms with E-state index >= 15 is 0 Å². The average Bonchev–Trinajstić information content (AvgIpc) is 2.95. The molecule has 1 heterocycles. The number of aryl methyl sites for hydroxylation is 1. The van der Waals surface area contributed by atoms with Crippen LogP contribution in [0, 0.1) is 12.7 Å². The topological polar surface area (TPSA) is 73.8 Å². The maximum Gasteiger partial charge on any atom is 0.416 e. The highest BCUT2D eigenvalue weighted by molar-refractivity contribution is 5.94. The highest BCUT2D eigenvalue weighted by Crippen LogP contribution is 2.29. The van der Waals surface area contributed by atoms with Gasteiger partial charge in [-0.3, -0.25) is 9.69 Å². The molecule has 238 valence electrons. The first kappa shape index (κ1) is 33.4. The van der Waals surface area contributed by atoms with Crippen molar-refractivity contribution in [1.82, 2.24) is 15.5 Å². The number of carbonyl (C=O) groups excluding carboxylic acids is 1. The Kier molecular flexibility index (Phi) is 11.8. The van der Waals surface area contributed by atoms with Crippen molar-refractivity contribution in [2.45, 2.75) is 70.9 Å². The second kappa shape index (κ2) is 15.5. The largest absolute Gasteiger partial charge is 0.493 e. The van der Waals surface area contributed by atoms with Gasteiger partial charge in [0.1, 0.15) is 11.6 Å². The lowest BCUT2D eigenvalue weighted by atomic mass is 9.99. The summed E-state index contributed by atoms with van der Waals surface area (Å²) in [5.74, 6) is -0.495. The molecule has 0 unspecified atom stereocenters. The van der Waals surface area contributed by atoms with E-state index in [0.717, 1.165) is 55.6 Å². The zero-order valence-electron chi connectivity index (χ0n) is 25.2. The van der Waals surface area contributed by atoms with Crippen LogP contribution in [-0.4, -0.2) is 54.3 Å². The molecule has 3 aromatic rings. The van der Waals surface area contributed by atoms with Crippen LogP contribution in [0.4, 0.5) is 17.6 Å². The van der Waals surface area contributed by atoms with Crippen molar-refractivity contribution in [3.63, 3.8) is 0 Å². The maximum absolute atomic E-state index is 14.6. The zero-order valence-corrected chi connectivity index (χ0v) is 25.2. The Hall–Kier alpha value is -3.47. The van der Waals surface area contributed by atoms with Crippen molar-refractivity contribution in [3.8, 4) is 5.75 Å². The van der Waals surface area contributed by atoms with E-state index in [2.05, 4.69) is 28.5 Å². The lowest BCUT2D eigenvalue weighted by Crippen LogP contribution is -2.48. The fourth-order valence-corrected chi connectivity index (χ4v) is 5.53. The third kappa shape index (κ3) is 10.0. The molecule has 0 saturated heterocycles. The van der Waals surface area contributed by atoms with E-state index in [1.807, 2.05) is 13.0 Å². The highest BCUT2D eigenvalue weighted by atomic mass is 19.4. The van der Waals surface area contributed by atoms with Gasteiger partial charge in [0.15, 0.2) is 0 Å². The molecule has 1 aliphatic heterocycles. The van der Waals surface area contributed by atoms with E-state index < -0.39 is 29.7 Å². The monoisotopic (exact) mass is 615 g/mol. The van der Waals surface area contributed by atoms with Gasteiger partial charge in [-0.1, -0.05) is 36.8 Å². The van der Waals surface area contributed by atoms with Gasteiger partial charge in [-0.15, -0.1) is 0 Å². The average molecular weight is 616 g/mol. The number of hydrogen-bond acceptors (Lipinski definition) is 5. The molecule has 3 aromatic carbocycles. The fourth-order valence-electron chi connectivity index (χ4n) is 5.53. The van der Waals surface area contributed by atoms with Crippen LogP contribution < -0.4 is 15.4 Å². The molecule has 3 N–H and O–H groups in total. The smallest absolute Gasteiger partial charge is 0.416 e. The lowest BCUT2D eigenvalue weighted by Gasteiger charge is -2.26. The predicted molar refractivity (Wildman–Crippen MR) is 162 cm³/mol. The first-order valence-electron chi connectivity index (χ1n) is 15.1. The SMILES string of the molecule is CCCN1CCCCOc2cc(F)cc(c2)C[C@@H]([C@H](O)CNCc2cccc(C(F)(F)F)c2)NC(=O)c2cc(C)cc(c2)C1. The number of rotatable bonds is 7. The number of amides is 1. The summed E-state index contributed by atoms with van der Waals surface area (Å²) in [5.41, 5.74) is 2.59. The second-order valence-corrected chi connectivity index (χ2v) is 11.5. The molecular formula is C34H41F4N3O3. The zero-order chi connectivity index (χ0) is 31.7. The Morgan fingerprint density at radius 1 is 1.09 bits per heavy atom. The minimum Gasteiger partial charge on any atom is -0.493 e. The molecule has 0 aromatic heterocycles. The summed E-state index contributed by atoms with van der Waals surface area (Å²) < 4.78 is 59.9. The summed E-state index contributed by atoms with van der Waals surface area (Å²) in [5, 5.41) is 17.1. The molecule has 44 heavy (non-hydrogen) atoms.